The van der Waals surface area contributed by atoms with Gasteiger partial charge in [-0.3, -0.25) is 20.2 Å². The highest BCUT2D eigenvalue weighted by Gasteiger charge is 2.56. The second kappa shape index (κ2) is 7.96. The van der Waals surface area contributed by atoms with Crippen LogP contribution in [-0.2, 0) is 0 Å². The molecule has 0 radical (unpaired) electrons. The van der Waals surface area contributed by atoms with Crippen molar-refractivity contribution in [3.8, 4) is 0 Å². The Bertz CT molecular complexity index is 1590. The van der Waals surface area contributed by atoms with Gasteiger partial charge in [0.15, 0.2) is 0 Å². The first kappa shape index (κ1) is 23.8. The maximum Gasteiger partial charge on any atom is 0.277 e. The van der Waals surface area contributed by atoms with Gasteiger partial charge in [0.1, 0.15) is 0 Å². The molecule has 2 atom stereocenters. The third-order valence-corrected chi connectivity index (χ3v) is 8.91. The summed E-state index contributed by atoms with van der Waals surface area (Å²) in [6, 6.07) is 10.4. The first-order valence-electron chi connectivity index (χ1n) is 12.5. The number of hydrogen-bond acceptors (Lipinski definition) is 4. The minimum Gasteiger partial charge on any atom is -0.258 e. The first-order chi connectivity index (χ1) is 18.1. The molecule has 2 unspecified atom stereocenters. The zero-order valence-corrected chi connectivity index (χ0v) is 21.6. The van der Waals surface area contributed by atoms with Crippen molar-refractivity contribution in [2.45, 2.75) is 27.7 Å². The number of nitrogens with zero attached hydrogens (tertiary/aromatic N) is 2. The Morgan fingerprint density at radius 3 is 1.37 bits per heavy atom. The molecule has 0 saturated carbocycles. The molecule has 6 rings (SSSR count). The van der Waals surface area contributed by atoms with Gasteiger partial charge in [0.05, 0.1) is 21.0 Å². The zero-order chi connectivity index (χ0) is 27.0. The third-order valence-electron chi connectivity index (χ3n) is 8.91. The molecule has 0 aromatic heterocycles. The topological polar surface area (TPSA) is 86.3 Å². The van der Waals surface area contributed by atoms with Crippen molar-refractivity contribution in [1.82, 2.24) is 0 Å². The molecule has 6 nitrogen and oxygen atoms in total. The van der Waals surface area contributed by atoms with Gasteiger partial charge in [-0.1, -0.05) is 62.4 Å². The van der Waals surface area contributed by atoms with Crippen molar-refractivity contribution in [2.24, 2.45) is 10.8 Å². The lowest BCUT2D eigenvalue weighted by Gasteiger charge is -2.56. The van der Waals surface area contributed by atoms with Gasteiger partial charge >= 0.3 is 0 Å². The summed E-state index contributed by atoms with van der Waals surface area (Å²) in [5.41, 5.74) is 8.38. The van der Waals surface area contributed by atoms with E-state index < -0.39 is 10.8 Å². The van der Waals surface area contributed by atoms with E-state index in [0.29, 0.717) is 11.1 Å². The summed E-state index contributed by atoms with van der Waals surface area (Å²) in [6.45, 7) is 8.26. The SMILES string of the molecule is Cc1cccc([N+](=O)[O-])c1C1=CC2=CC=C3C=C(c4c(C)cccc4[N+](=O)[O-])C=C4C=CC(=C1)C2(C)C34C. The van der Waals surface area contributed by atoms with Gasteiger partial charge in [-0.15, -0.1) is 0 Å². The summed E-state index contributed by atoms with van der Waals surface area (Å²) in [7, 11) is 0. The molecule has 6 heteroatoms. The van der Waals surface area contributed by atoms with Crippen LogP contribution < -0.4 is 0 Å². The summed E-state index contributed by atoms with van der Waals surface area (Å²) in [4.78, 5) is 23.1. The van der Waals surface area contributed by atoms with Gasteiger partial charge in [0, 0.05) is 23.0 Å². The quantitative estimate of drug-likeness (QED) is 0.314. The standard InChI is InChI=1S/C32H26N2O4/c1-19-7-5-9-27(33(35)36)29(19)21-15-23-11-13-25-17-22(30-20(2)8-6-10-28(30)34(37)38)18-26-14-12-24(16-21)31(23,3)32(25,26)4/h5-18H,1-4H3. The van der Waals surface area contributed by atoms with Crippen LogP contribution in [0.4, 0.5) is 11.4 Å². The molecule has 2 aromatic carbocycles. The van der Waals surface area contributed by atoms with Crippen molar-refractivity contribution in [3.63, 3.8) is 0 Å². The fourth-order valence-corrected chi connectivity index (χ4v) is 6.69. The summed E-state index contributed by atoms with van der Waals surface area (Å²) >= 11 is 0. The lowest BCUT2D eigenvalue weighted by molar-refractivity contribution is -0.385. The lowest BCUT2D eigenvalue weighted by atomic mass is 9.46. The van der Waals surface area contributed by atoms with E-state index in [4.69, 9.17) is 0 Å². The number of benzene rings is 2. The average Bonchev–Trinajstić information content (AvgIpc) is 2.87. The minimum atomic E-state index is -0.404. The molecule has 188 valence electrons. The highest BCUT2D eigenvalue weighted by Crippen LogP contribution is 2.66. The molecule has 2 aromatic rings. The Balaban J connectivity index is 1.58. The Kier molecular flexibility index (Phi) is 4.98. The molecular formula is C32H26N2O4. The van der Waals surface area contributed by atoms with Crippen LogP contribution in [0.1, 0.15) is 36.1 Å². The Hall–Kier alpha value is -4.58. The number of rotatable bonds is 4. The number of aryl methyl sites for hydroxylation is 2. The van der Waals surface area contributed by atoms with Crippen molar-refractivity contribution >= 4 is 22.5 Å². The molecule has 0 spiro atoms. The predicted octanol–water partition coefficient (Wildman–Crippen LogP) is 7.92. The number of nitro groups is 2. The molecule has 0 saturated heterocycles. The van der Waals surface area contributed by atoms with E-state index in [1.165, 1.54) is 0 Å². The summed E-state index contributed by atoms with van der Waals surface area (Å²) < 4.78 is 0. The minimum absolute atomic E-state index is 0.0981. The van der Waals surface area contributed by atoms with Gasteiger partial charge in [-0.25, -0.2) is 0 Å². The van der Waals surface area contributed by atoms with Crippen LogP contribution in [0, 0.1) is 44.9 Å². The van der Waals surface area contributed by atoms with Crippen LogP contribution in [0.15, 0.2) is 107 Å². The predicted molar refractivity (Wildman–Crippen MR) is 149 cm³/mol. The largest absolute Gasteiger partial charge is 0.277 e. The van der Waals surface area contributed by atoms with Gasteiger partial charge in [0.25, 0.3) is 11.4 Å². The lowest BCUT2D eigenvalue weighted by Crippen LogP contribution is -2.47. The average molecular weight is 503 g/mol. The summed E-state index contributed by atoms with van der Waals surface area (Å²) in [5.74, 6) is 0. The second-order valence-electron chi connectivity index (χ2n) is 10.7. The molecular weight excluding hydrogens is 476 g/mol. The van der Waals surface area contributed by atoms with Crippen molar-refractivity contribution in [3.05, 3.63) is 150 Å². The van der Waals surface area contributed by atoms with Crippen molar-refractivity contribution in [1.29, 1.82) is 0 Å². The third kappa shape index (κ3) is 3.00. The Morgan fingerprint density at radius 1 is 0.605 bits per heavy atom. The monoisotopic (exact) mass is 502 g/mol. The van der Waals surface area contributed by atoms with Crippen LogP contribution in [0.5, 0.6) is 0 Å². The first-order valence-corrected chi connectivity index (χ1v) is 12.5. The van der Waals surface area contributed by atoms with E-state index in [0.717, 1.165) is 44.6 Å². The fourth-order valence-electron chi connectivity index (χ4n) is 6.69. The van der Waals surface area contributed by atoms with Crippen molar-refractivity contribution < 1.29 is 9.85 Å². The van der Waals surface area contributed by atoms with E-state index >= 15 is 0 Å². The van der Waals surface area contributed by atoms with Gasteiger partial charge in [0.2, 0.25) is 0 Å². The highest BCUT2D eigenvalue weighted by molar-refractivity contribution is 5.91. The molecule has 0 heterocycles. The van der Waals surface area contributed by atoms with E-state index in [9.17, 15) is 20.2 Å². The molecule has 4 aliphatic carbocycles. The maximum absolute atomic E-state index is 11.9. The van der Waals surface area contributed by atoms with Crippen LogP contribution in [0.3, 0.4) is 0 Å². The second-order valence-corrected chi connectivity index (χ2v) is 10.7. The Labute approximate surface area is 220 Å². The van der Waals surface area contributed by atoms with E-state index in [2.05, 4.69) is 62.5 Å². The molecule has 0 bridgehead atoms. The fraction of sp³-hybridized carbons (Fsp3) is 0.188. The summed E-state index contributed by atoms with van der Waals surface area (Å²) in [6.07, 6.45) is 16.7. The molecule has 0 aliphatic heterocycles. The van der Waals surface area contributed by atoms with E-state index in [1.54, 1.807) is 24.3 Å². The number of hydrogen-bond donors (Lipinski definition) is 0. The number of allylic oxidation sites excluding steroid dienone is 14. The van der Waals surface area contributed by atoms with Crippen LogP contribution >= 0.6 is 0 Å². The molecule has 0 fully saturated rings. The van der Waals surface area contributed by atoms with Gasteiger partial charge < -0.3 is 0 Å². The van der Waals surface area contributed by atoms with Gasteiger partial charge in [-0.05, 0) is 82.7 Å². The summed E-state index contributed by atoms with van der Waals surface area (Å²) in [5, 5.41) is 23.7. The normalized spacial score (nSPS) is 24.7. The smallest absolute Gasteiger partial charge is 0.258 e. The van der Waals surface area contributed by atoms with Crippen LogP contribution in [0.2, 0.25) is 0 Å². The zero-order valence-electron chi connectivity index (χ0n) is 21.6. The van der Waals surface area contributed by atoms with Crippen molar-refractivity contribution in [2.75, 3.05) is 0 Å². The van der Waals surface area contributed by atoms with Crippen LogP contribution in [0.25, 0.3) is 11.1 Å². The molecule has 0 N–H and O–H groups in total. The maximum atomic E-state index is 11.9. The number of nitro benzene ring substituents is 2. The van der Waals surface area contributed by atoms with Gasteiger partial charge in [-0.2, -0.15) is 0 Å². The van der Waals surface area contributed by atoms with E-state index in [1.807, 2.05) is 26.0 Å². The molecule has 4 aliphatic rings. The molecule has 0 amide bonds. The van der Waals surface area contributed by atoms with E-state index in [-0.39, 0.29) is 21.2 Å². The molecule has 38 heavy (non-hydrogen) atoms. The Morgan fingerprint density at radius 2 is 1.00 bits per heavy atom. The highest BCUT2D eigenvalue weighted by atomic mass is 16.6. The van der Waals surface area contributed by atoms with Crippen LogP contribution in [-0.4, -0.2) is 9.85 Å².